The highest BCUT2D eigenvalue weighted by Crippen LogP contribution is 2.17. The molecule has 0 saturated carbocycles. The molecule has 1 aromatic carbocycles. The fourth-order valence-electron chi connectivity index (χ4n) is 2.76. The molecule has 0 bridgehead atoms. The van der Waals surface area contributed by atoms with Crippen LogP contribution in [0.1, 0.15) is 26.3 Å². The topological polar surface area (TPSA) is 28.2 Å². The van der Waals surface area contributed by atoms with Crippen LogP contribution in [0.4, 0.5) is 0 Å². The number of nitrogens with one attached hydrogen (secondary N) is 1. The molecule has 0 spiro atoms. The van der Waals surface area contributed by atoms with Gasteiger partial charge in [-0.2, -0.15) is 0 Å². The SMILES string of the molecule is C.C[C@H]1CCNCCN1Cc1ccc2cnccc2c1. The summed E-state index contributed by atoms with van der Waals surface area (Å²) in [5, 5.41) is 5.98. The first-order valence-electron chi connectivity index (χ1n) is 7.10. The normalized spacial score (nSPS) is 20.4. The Bertz CT molecular complexity index is 553. The summed E-state index contributed by atoms with van der Waals surface area (Å²) in [5.41, 5.74) is 1.40. The Morgan fingerprint density at radius 3 is 3.05 bits per heavy atom. The van der Waals surface area contributed by atoms with Crippen LogP contribution in [0.25, 0.3) is 10.8 Å². The van der Waals surface area contributed by atoms with Crippen LogP contribution in [-0.4, -0.2) is 35.6 Å². The molecular weight excluding hydrogens is 246 g/mol. The van der Waals surface area contributed by atoms with E-state index in [0.717, 1.165) is 26.2 Å². The number of pyridine rings is 1. The second-order valence-electron chi connectivity index (χ2n) is 5.42. The van der Waals surface area contributed by atoms with Crippen LogP contribution in [0, 0.1) is 0 Å². The zero-order chi connectivity index (χ0) is 13.1. The van der Waals surface area contributed by atoms with Crippen LogP contribution in [0.3, 0.4) is 0 Å². The lowest BCUT2D eigenvalue weighted by Crippen LogP contribution is -2.33. The highest BCUT2D eigenvalue weighted by Gasteiger charge is 2.16. The number of benzene rings is 1. The van der Waals surface area contributed by atoms with E-state index in [2.05, 4.69) is 46.4 Å². The fraction of sp³-hybridized carbons (Fsp3) is 0.471. The molecule has 1 N–H and O–H groups in total. The average molecular weight is 271 g/mol. The lowest BCUT2D eigenvalue weighted by Gasteiger charge is -2.26. The molecule has 2 aromatic rings. The fourth-order valence-corrected chi connectivity index (χ4v) is 2.76. The highest BCUT2D eigenvalue weighted by molar-refractivity contribution is 5.81. The molecule has 0 radical (unpaired) electrons. The first-order chi connectivity index (χ1) is 9.33. The summed E-state index contributed by atoms with van der Waals surface area (Å²) in [5.74, 6) is 0. The van der Waals surface area contributed by atoms with E-state index in [4.69, 9.17) is 0 Å². The largest absolute Gasteiger partial charge is 0.315 e. The molecule has 3 nitrogen and oxygen atoms in total. The van der Waals surface area contributed by atoms with Crippen molar-refractivity contribution in [1.82, 2.24) is 15.2 Å². The van der Waals surface area contributed by atoms with Gasteiger partial charge in [-0.05, 0) is 43.0 Å². The molecule has 108 valence electrons. The summed E-state index contributed by atoms with van der Waals surface area (Å²) in [6.45, 7) is 6.75. The minimum atomic E-state index is 0. The third kappa shape index (κ3) is 3.35. The predicted molar refractivity (Wildman–Crippen MR) is 85.8 cm³/mol. The van der Waals surface area contributed by atoms with E-state index in [9.17, 15) is 0 Å². The Morgan fingerprint density at radius 2 is 2.15 bits per heavy atom. The van der Waals surface area contributed by atoms with Gasteiger partial charge in [0, 0.05) is 43.5 Å². The summed E-state index contributed by atoms with van der Waals surface area (Å²) >= 11 is 0. The van der Waals surface area contributed by atoms with E-state index in [1.165, 1.54) is 22.8 Å². The molecule has 2 heterocycles. The smallest absolute Gasteiger partial charge is 0.0346 e. The summed E-state index contributed by atoms with van der Waals surface area (Å²) in [4.78, 5) is 6.74. The Balaban J connectivity index is 0.00000147. The summed E-state index contributed by atoms with van der Waals surface area (Å²) < 4.78 is 0. The second-order valence-corrected chi connectivity index (χ2v) is 5.42. The summed E-state index contributed by atoms with van der Waals surface area (Å²) in [7, 11) is 0. The number of fused-ring (bicyclic) bond motifs is 1. The maximum Gasteiger partial charge on any atom is 0.0346 e. The van der Waals surface area contributed by atoms with E-state index in [-0.39, 0.29) is 7.43 Å². The molecule has 1 atom stereocenters. The molecule has 1 aliphatic heterocycles. The molecule has 1 aliphatic rings. The number of rotatable bonds is 2. The zero-order valence-electron chi connectivity index (χ0n) is 11.5. The molecule has 20 heavy (non-hydrogen) atoms. The maximum absolute atomic E-state index is 4.16. The Hall–Kier alpha value is -1.45. The van der Waals surface area contributed by atoms with Crippen molar-refractivity contribution in [3.63, 3.8) is 0 Å². The van der Waals surface area contributed by atoms with Crippen LogP contribution >= 0.6 is 0 Å². The van der Waals surface area contributed by atoms with Gasteiger partial charge in [0.1, 0.15) is 0 Å². The van der Waals surface area contributed by atoms with Crippen molar-refractivity contribution in [2.45, 2.75) is 33.4 Å². The molecular formula is C17H25N3. The van der Waals surface area contributed by atoms with Crippen molar-refractivity contribution in [2.24, 2.45) is 0 Å². The second kappa shape index (κ2) is 6.82. The minimum absolute atomic E-state index is 0. The third-order valence-electron chi connectivity index (χ3n) is 4.03. The predicted octanol–water partition coefficient (Wildman–Crippen LogP) is 3.05. The van der Waals surface area contributed by atoms with Crippen molar-refractivity contribution >= 4 is 10.8 Å². The lowest BCUT2D eigenvalue weighted by molar-refractivity contribution is 0.211. The Labute approximate surface area is 122 Å². The minimum Gasteiger partial charge on any atom is -0.315 e. The molecule has 0 amide bonds. The van der Waals surface area contributed by atoms with Crippen molar-refractivity contribution in [3.05, 3.63) is 42.2 Å². The van der Waals surface area contributed by atoms with Gasteiger partial charge in [0.25, 0.3) is 0 Å². The van der Waals surface area contributed by atoms with Crippen molar-refractivity contribution in [3.8, 4) is 0 Å². The van der Waals surface area contributed by atoms with Gasteiger partial charge in [0.2, 0.25) is 0 Å². The van der Waals surface area contributed by atoms with Crippen LogP contribution < -0.4 is 5.32 Å². The molecule has 0 aliphatic carbocycles. The van der Waals surface area contributed by atoms with E-state index in [0.29, 0.717) is 6.04 Å². The van der Waals surface area contributed by atoms with Crippen molar-refractivity contribution < 1.29 is 0 Å². The van der Waals surface area contributed by atoms with Crippen LogP contribution in [0.2, 0.25) is 0 Å². The van der Waals surface area contributed by atoms with Gasteiger partial charge in [-0.25, -0.2) is 0 Å². The molecule has 1 saturated heterocycles. The van der Waals surface area contributed by atoms with Crippen molar-refractivity contribution in [2.75, 3.05) is 19.6 Å². The van der Waals surface area contributed by atoms with Gasteiger partial charge < -0.3 is 5.32 Å². The number of hydrogen-bond donors (Lipinski definition) is 1. The third-order valence-corrected chi connectivity index (χ3v) is 4.03. The quantitative estimate of drug-likeness (QED) is 0.910. The standard InChI is InChI=1S/C16H21N3.CH4/c1-13-4-6-17-8-9-19(13)12-14-2-3-16-11-18-7-5-15(16)10-14;/h2-3,5,7,10-11,13,17H,4,6,8-9,12H2,1H3;1H4/t13-;/m0./s1. The van der Waals surface area contributed by atoms with E-state index in [1.807, 2.05) is 12.4 Å². The molecule has 3 heteroatoms. The molecule has 3 rings (SSSR count). The van der Waals surface area contributed by atoms with Gasteiger partial charge in [0.15, 0.2) is 0 Å². The molecule has 1 aromatic heterocycles. The number of nitrogens with zero attached hydrogens (tertiary/aromatic N) is 2. The van der Waals surface area contributed by atoms with E-state index in [1.54, 1.807) is 0 Å². The van der Waals surface area contributed by atoms with Gasteiger partial charge >= 0.3 is 0 Å². The van der Waals surface area contributed by atoms with Gasteiger partial charge in [-0.1, -0.05) is 19.6 Å². The average Bonchev–Trinajstić information content (AvgIpc) is 2.64. The number of aromatic nitrogens is 1. The van der Waals surface area contributed by atoms with Crippen LogP contribution in [0.5, 0.6) is 0 Å². The Kier molecular flexibility index (Phi) is 5.10. The lowest BCUT2D eigenvalue weighted by atomic mass is 10.1. The summed E-state index contributed by atoms with van der Waals surface area (Å²) in [6, 6.07) is 9.45. The van der Waals surface area contributed by atoms with Gasteiger partial charge in [0.05, 0.1) is 0 Å². The van der Waals surface area contributed by atoms with Crippen LogP contribution in [0.15, 0.2) is 36.7 Å². The Morgan fingerprint density at radius 1 is 1.25 bits per heavy atom. The van der Waals surface area contributed by atoms with Gasteiger partial charge in [-0.3, -0.25) is 9.88 Å². The van der Waals surface area contributed by atoms with Gasteiger partial charge in [-0.15, -0.1) is 0 Å². The first kappa shape index (κ1) is 14.9. The van der Waals surface area contributed by atoms with Crippen LogP contribution in [-0.2, 0) is 6.54 Å². The highest BCUT2D eigenvalue weighted by atomic mass is 15.2. The molecule has 0 unspecified atom stereocenters. The maximum atomic E-state index is 4.16. The monoisotopic (exact) mass is 271 g/mol. The summed E-state index contributed by atoms with van der Waals surface area (Å²) in [6.07, 6.45) is 5.03. The van der Waals surface area contributed by atoms with E-state index < -0.39 is 0 Å². The van der Waals surface area contributed by atoms with E-state index >= 15 is 0 Å². The zero-order valence-corrected chi connectivity index (χ0v) is 11.5. The molecule has 1 fully saturated rings. The first-order valence-corrected chi connectivity index (χ1v) is 7.10. The van der Waals surface area contributed by atoms with Crippen molar-refractivity contribution in [1.29, 1.82) is 0 Å². The number of hydrogen-bond acceptors (Lipinski definition) is 3.